The molecule has 11 heteroatoms. The Bertz CT molecular complexity index is 844. The molecule has 30 heavy (non-hydrogen) atoms. The molecule has 1 aromatic carbocycles. The molecule has 0 radical (unpaired) electrons. The first-order valence-corrected chi connectivity index (χ1v) is 9.85. The molecule has 2 N–H and O–H groups in total. The lowest BCUT2D eigenvalue weighted by molar-refractivity contribution is -0.153. The minimum Gasteiger partial charge on any atom is -0.493 e. The third kappa shape index (κ3) is 8.54. The minimum atomic E-state index is -4.41. The maximum Gasteiger partial charge on any atom is 0.422 e. The molecule has 0 saturated carbocycles. The standard InChI is InChI=1S/C19H25F3N4O2S.HI/c1-5-23-18(25-10-17-12(2)26-13(3)29-17)24-9-14-6-7-15(16(8-14)27-4)28-11-19(20,21)22;/h6-8H,5,9-11H2,1-4H3,(H2,23,24,25);1H. The van der Waals surface area contributed by atoms with Gasteiger partial charge in [-0.25, -0.2) is 9.98 Å². The predicted octanol–water partition coefficient (Wildman–Crippen LogP) is 4.58. The van der Waals surface area contributed by atoms with Crippen LogP contribution in [0.2, 0.25) is 0 Å². The molecule has 2 aromatic rings. The molecule has 0 aliphatic heterocycles. The van der Waals surface area contributed by atoms with Crippen molar-refractivity contribution in [2.24, 2.45) is 4.99 Å². The average Bonchev–Trinajstić information content (AvgIpc) is 2.99. The number of alkyl halides is 3. The van der Waals surface area contributed by atoms with Gasteiger partial charge in [0.2, 0.25) is 0 Å². The smallest absolute Gasteiger partial charge is 0.422 e. The van der Waals surface area contributed by atoms with Crippen molar-refractivity contribution in [3.05, 3.63) is 39.3 Å². The Kier molecular flexibility index (Phi) is 10.7. The zero-order chi connectivity index (χ0) is 21.4. The van der Waals surface area contributed by atoms with Crippen LogP contribution in [0, 0.1) is 13.8 Å². The van der Waals surface area contributed by atoms with Crippen LogP contribution in [0.25, 0.3) is 0 Å². The van der Waals surface area contributed by atoms with Crippen LogP contribution in [-0.2, 0) is 13.1 Å². The van der Waals surface area contributed by atoms with E-state index in [4.69, 9.17) is 9.47 Å². The zero-order valence-corrected chi connectivity index (χ0v) is 20.4. The lowest BCUT2D eigenvalue weighted by Crippen LogP contribution is -2.36. The Hall–Kier alpha value is -1.76. The molecule has 1 aromatic heterocycles. The van der Waals surface area contributed by atoms with Crippen LogP contribution in [-0.4, -0.2) is 37.4 Å². The fourth-order valence-corrected chi connectivity index (χ4v) is 3.38. The number of rotatable bonds is 8. The van der Waals surface area contributed by atoms with Crippen molar-refractivity contribution < 1.29 is 22.6 Å². The van der Waals surface area contributed by atoms with E-state index < -0.39 is 12.8 Å². The van der Waals surface area contributed by atoms with E-state index in [1.807, 2.05) is 20.8 Å². The summed E-state index contributed by atoms with van der Waals surface area (Å²) in [5, 5.41) is 7.45. The van der Waals surface area contributed by atoms with Crippen molar-refractivity contribution in [1.82, 2.24) is 15.6 Å². The largest absolute Gasteiger partial charge is 0.493 e. The zero-order valence-electron chi connectivity index (χ0n) is 17.2. The molecule has 6 nitrogen and oxygen atoms in total. The number of aryl methyl sites for hydroxylation is 2. The monoisotopic (exact) mass is 558 g/mol. The molecule has 0 aliphatic rings. The Labute approximate surface area is 195 Å². The highest BCUT2D eigenvalue weighted by atomic mass is 127. The Morgan fingerprint density at radius 3 is 2.50 bits per heavy atom. The van der Waals surface area contributed by atoms with Crippen LogP contribution in [0.15, 0.2) is 23.2 Å². The summed E-state index contributed by atoms with van der Waals surface area (Å²) in [6.07, 6.45) is -4.41. The van der Waals surface area contributed by atoms with Crippen LogP contribution in [0.1, 0.15) is 28.1 Å². The summed E-state index contributed by atoms with van der Waals surface area (Å²) in [6, 6.07) is 4.74. The van der Waals surface area contributed by atoms with E-state index in [0.29, 0.717) is 25.6 Å². The Morgan fingerprint density at radius 1 is 1.20 bits per heavy atom. The van der Waals surface area contributed by atoms with Crippen LogP contribution in [0.5, 0.6) is 11.5 Å². The highest BCUT2D eigenvalue weighted by Crippen LogP contribution is 2.30. The van der Waals surface area contributed by atoms with E-state index in [1.54, 1.807) is 23.5 Å². The van der Waals surface area contributed by atoms with Gasteiger partial charge in [-0.2, -0.15) is 13.2 Å². The van der Waals surface area contributed by atoms with Gasteiger partial charge in [0, 0.05) is 11.4 Å². The number of aromatic nitrogens is 1. The van der Waals surface area contributed by atoms with E-state index in [2.05, 4.69) is 20.6 Å². The summed E-state index contributed by atoms with van der Waals surface area (Å²) in [6.45, 7) is 6.17. The third-order valence-corrected chi connectivity index (χ3v) is 4.87. The number of ether oxygens (including phenoxy) is 2. The van der Waals surface area contributed by atoms with Gasteiger partial charge in [-0.15, -0.1) is 35.3 Å². The van der Waals surface area contributed by atoms with Crippen molar-refractivity contribution >= 4 is 41.3 Å². The predicted molar refractivity (Wildman–Crippen MR) is 123 cm³/mol. The van der Waals surface area contributed by atoms with Gasteiger partial charge in [0.1, 0.15) is 0 Å². The van der Waals surface area contributed by atoms with E-state index in [1.165, 1.54) is 13.2 Å². The second kappa shape index (κ2) is 12.2. The molecule has 0 amide bonds. The molecule has 1 heterocycles. The summed E-state index contributed by atoms with van der Waals surface area (Å²) < 4.78 is 47.0. The van der Waals surface area contributed by atoms with Crippen molar-refractivity contribution in [3.8, 4) is 11.5 Å². The summed E-state index contributed by atoms with van der Waals surface area (Å²) >= 11 is 1.63. The van der Waals surface area contributed by atoms with E-state index in [-0.39, 0.29) is 35.5 Å². The number of thiazole rings is 1. The van der Waals surface area contributed by atoms with E-state index in [0.717, 1.165) is 21.1 Å². The topological polar surface area (TPSA) is 67.8 Å². The summed E-state index contributed by atoms with van der Waals surface area (Å²) in [5.74, 6) is 0.906. The van der Waals surface area contributed by atoms with Gasteiger partial charge in [0.25, 0.3) is 0 Å². The van der Waals surface area contributed by atoms with Crippen LogP contribution < -0.4 is 20.1 Å². The lowest BCUT2D eigenvalue weighted by atomic mass is 10.2. The number of hydrogen-bond acceptors (Lipinski definition) is 5. The maximum absolute atomic E-state index is 12.4. The number of nitrogens with one attached hydrogen (secondary N) is 2. The Balaban J connectivity index is 0.00000450. The average molecular weight is 558 g/mol. The van der Waals surface area contributed by atoms with Crippen LogP contribution >= 0.6 is 35.3 Å². The maximum atomic E-state index is 12.4. The number of nitrogens with zero attached hydrogens (tertiary/aromatic N) is 2. The molecular formula is C19H26F3IN4O2S. The first-order valence-electron chi connectivity index (χ1n) is 9.03. The third-order valence-electron chi connectivity index (χ3n) is 3.80. The van der Waals surface area contributed by atoms with Crippen LogP contribution in [0.3, 0.4) is 0 Å². The first-order chi connectivity index (χ1) is 13.7. The second-order valence-corrected chi connectivity index (χ2v) is 7.47. The second-order valence-electron chi connectivity index (χ2n) is 6.18. The van der Waals surface area contributed by atoms with E-state index >= 15 is 0 Å². The molecular weight excluding hydrogens is 532 g/mol. The normalized spacial score (nSPS) is 11.6. The van der Waals surface area contributed by atoms with Crippen molar-refractivity contribution in [2.75, 3.05) is 20.3 Å². The molecule has 0 fully saturated rings. The molecule has 0 atom stereocenters. The summed E-state index contributed by atoms with van der Waals surface area (Å²) in [4.78, 5) is 10.1. The van der Waals surface area contributed by atoms with Gasteiger partial charge in [-0.1, -0.05) is 6.07 Å². The Morgan fingerprint density at radius 2 is 1.93 bits per heavy atom. The lowest BCUT2D eigenvalue weighted by Gasteiger charge is -2.14. The van der Waals surface area contributed by atoms with Crippen molar-refractivity contribution in [2.45, 2.75) is 40.0 Å². The summed E-state index contributed by atoms with van der Waals surface area (Å²) in [7, 11) is 1.38. The van der Waals surface area contributed by atoms with Gasteiger partial charge in [0.15, 0.2) is 24.1 Å². The molecule has 0 aliphatic carbocycles. The molecule has 0 bridgehead atoms. The molecule has 0 unspecified atom stereocenters. The van der Waals surface area contributed by atoms with Crippen molar-refractivity contribution in [1.29, 1.82) is 0 Å². The number of aliphatic imine (C=N–C) groups is 1. The van der Waals surface area contributed by atoms with E-state index in [9.17, 15) is 13.2 Å². The molecule has 168 valence electrons. The summed E-state index contributed by atoms with van der Waals surface area (Å²) in [5.41, 5.74) is 1.78. The molecule has 0 spiro atoms. The number of hydrogen-bond donors (Lipinski definition) is 2. The number of methoxy groups -OCH3 is 1. The quantitative estimate of drug-likeness (QED) is 0.282. The van der Waals surface area contributed by atoms with Crippen LogP contribution in [0.4, 0.5) is 13.2 Å². The number of halogens is 4. The highest BCUT2D eigenvalue weighted by Gasteiger charge is 2.29. The number of benzene rings is 1. The van der Waals surface area contributed by atoms with Crippen molar-refractivity contribution in [3.63, 3.8) is 0 Å². The van der Waals surface area contributed by atoms with Gasteiger partial charge < -0.3 is 20.1 Å². The van der Waals surface area contributed by atoms with Gasteiger partial charge in [-0.3, -0.25) is 0 Å². The molecule has 0 saturated heterocycles. The fraction of sp³-hybridized carbons (Fsp3) is 0.474. The highest BCUT2D eigenvalue weighted by molar-refractivity contribution is 14.0. The fourth-order valence-electron chi connectivity index (χ4n) is 2.50. The van der Waals surface area contributed by atoms with Gasteiger partial charge >= 0.3 is 6.18 Å². The first kappa shape index (κ1) is 26.3. The van der Waals surface area contributed by atoms with Gasteiger partial charge in [-0.05, 0) is 38.5 Å². The molecule has 2 rings (SSSR count). The van der Waals surface area contributed by atoms with Gasteiger partial charge in [0.05, 0.1) is 30.9 Å². The number of guanidine groups is 1. The minimum absolute atomic E-state index is 0. The SMILES string of the molecule is CCNC(=NCc1ccc(OCC(F)(F)F)c(OC)c1)NCc1sc(C)nc1C.I.